The SMILES string of the molecule is O=S1(=O)CCC(C(CBr)CCOc2ccccc2)C1. The van der Waals surface area contributed by atoms with Gasteiger partial charge in [-0.15, -0.1) is 0 Å². The third-order valence-electron chi connectivity index (χ3n) is 3.63. The van der Waals surface area contributed by atoms with Crippen LogP contribution < -0.4 is 4.74 Å². The minimum Gasteiger partial charge on any atom is -0.494 e. The topological polar surface area (TPSA) is 43.4 Å². The highest BCUT2D eigenvalue weighted by Gasteiger charge is 2.32. The third kappa shape index (κ3) is 4.49. The highest BCUT2D eigenvalue weighted by atomic mass is 79.9. The van der Waals surface area contributed by atoms with Gasteiger partial charge in [0.25, 0.3) is 0 Å². The zero-order valence-corrected chi connectivity index (χ0v) is 13.2. The van der Waals surface area contributed by atoms with Crippen LogP contribution in [0.15, 0.2) is 30.3 Å². The lowest BCUT2D eigenvalue weighted by Gasteiger charge is -2.20. The molecule has 5 heteroatoms. The minimum atomic E-state index is -2.79. The van der Waals surface area contributed by atoms with Gasteiger partial charge in [-0.05, 0) is 36.8 Å². The van der Waals surface area contributed by atoms with Crippen molar-refractivity contribution < 1.29 is 13.2 Å². The summed E-state index contributed by atoms with van der Waals surface area (Å²) >= 11 is 3.50. The monoisotopic (exact) mass is 346 g/mol. The predicted molar refractivity (Wildman–Crippen MR) is 80.6 cm³/mol. The van der Waals surface area contributed by atoms with E-state index in [9.17, 15) is 8.42 Å². The van der Waals surface area contributed by atoms with Gasteiger partial charge in [0.05, 0.1) is 18.1 Å². The molecule has 0 saturated carbocycles. The number of ether oxygens (including phenoxy) is 1. The Morgan fingerprint density at radius 2 is 2.05 bits per heavy atom. The largest absolute Gasteiger partial charge is 0.494 e. The maximum Gasteiger partial charge on any atom is 0.150 e. The number of alkyl halides is 1. The first-order valence-corrected chi connectivity index (χ1v) is 9.49. The van der Waals surface area contributed by atoms with Crippen molar-refractivity contribution >= 4 is 25.8 Å². The van der Waals surface area contributed by atoms with Crippen LogP contribution in [0, 0.1) is 11.8 Å². The number of hydrogen-bond acceptors (Lipinski definition) is 3. The van der Waals surface area contributed by atoms with E-state index in [-0.39, 0.29) is 5.92 Å². The fourth-order valence-electron chi connectivity index (χ4n) is 2.48. The molecule has 0 aromatic heterocycles. The van der Waals surface area contributed by atoms with Gasteiger partial charge in [-0.25, -0.2) is 8.42 Å². The van der Waals surface area contributed by atoms with E-state index in [1.807, 2.05) is 30.3 Å². The molecule has 0 N–H and O–H groups in total. The van der Waals surface area contributed by atoms with Crippen molar-refractivity contribution in [1.29, 1.82) is 0 Å². The van der Waals surface area contributed by atoms with E-state index in [0.717, 1.165) is 23.9 Å². The molecule has 106 valence electrons. The predicted octanol–water partition coefficient (Wildman–Crippen LogP) is 2.90. The van der Waals surface area contributed by atoms with Gasteiger partial charge in [0.2, 0.25) is 0 Å². The molecular weight excluding hydrogens is 328 g/mol. The van der Waals surface area contributed by atoms with Gasteiger partial charge in [-0.3, -0.25) is 0 Å². The Morgan fingerprint density at radius 1 is 1.32 bits per heavy atom. The number of sulfone groups is 1. The zero-order chi connectivity index (χ0) is 13.7. The van der Waals surface area contributed by atoms with Crippen molar-refractivity contribution in [2.24, 2.45) is 11.8 Å². The molecule has 1 aliphatic rings. The molecule has 2 unspecified atom stereocenters. The zero-order valence-electron chi connectivity index (χ0n) is 10.8. The maximum atomic E-state index is 11.5. The van der Waals surface area contributed by atoms with Gasteiger partial charge in [0.1, 0.15) is 5.75 Å². The van der Waals surface area contributed by atoms with E-state index in [0.29, 0.717) is 24.0 Å². The molecular formula is C14H19BrO3S. The molecule has 2 rings (SSSR count). The van der Waals surface area contributed by atoms with Crippen molar-refractivity contribution in [3.05, 3.63) is 30.3 Å². The number of benzene rings is 1. The van der Waals surface area contributed by atoms with E-state index < -0.39 is 9.84 Å². The highest BCUT2D eigenvalue weighted by Crippen LogP contribution is 2.29. The molecule has 1 heterocycles. The van der Waals surface area contributed by atoms with Crippen LogP contribution in [-0.4, -0.2) is 31.9 Å². The van der Waals surface area contributed by atoms with E-state index in [1.54, 1.807) is 0 Å². The van der Waals surface area contributed by atoms with Crippen molar-refractivity contribution in [2.75, 3.05) is 23.4 Å². The van der Waals surface area contributed by atoms with E-state index >= 15 is 0 Å². The quantitative estimate of drug-likeness (QED) is 0.743. The summed E-state index contributed by atoms with van der Waals surface area (Å²) in [4.78, 5) is 0. The minimum absolute atomic E-state index is 0.281. The molecule has 1 fully saturated rings. The summed E-state index contributed by atoms with van der Waals surface area (Å²) in [7, 11) is -2.79. The standard InChI is InChI=1S/C14H19BrO3S/c15-10-12(13-7-9-19(16,17)11-13)6-8-18-14-4-2-1-3-5-14/h1-5,12-13H,6-11H2. The molecule has 1 aromatic carbocycles. The van der Waals surface area contributed by atoms with Crippen LogP contribution in [0.1, 0.15) is 12.8 Å². The number of para-hydroxylation sites is 1. The first-order chi connectivity index (χ1) is 9.11. The van der Waals surface area contributed by atoms with E-state index in [1.165, 1.54) is 0 Å². The van der Waals surface area contributed by atoms with Crippen LogP contribution in [0.3, 0.4) is 0 Å². The molecule has 0 bridgehead atoms. The first kappa shape index (κ1) is 14.9. The van der Waals surface area contributed by atoms with Crippen molar-refractivity contribution in [1.82, 2.24) is 0 Å². The van der Waals surface area contributed by atoms with Crippen molar-refractivity contribution in [2.45, 2.75) is 12.8 Å². The molecule has 1 saturated heterocycles. The lowest BCUT2D eigenvalue weighted by atomic mass is 9.91. The van der Waals surface area contributed by atoms with Crippen LogP contribution >= 0.6 is 15.9 Å². The molecule has 0 aliphatic carbocycles. The van der Waals surface area contributed by atoms with Gasteiger partial charge in [0, 0.05) is 5.33 Å². The Labute approximate surface area is 123 Å². The lowest BCUT2D eigenvalue weighted by molar-refractivity contribution is 0.258. The molecule has 3 nitrogen and oxygen atoms in total. The summed E-state index contributed by atoms with van der Waals surface area (Å²) in [5.74, 6) is 2.22. The Morgan fingerprint density at radius 3 is 2.63 bits per heavy atom. The van der Waals surface area contributed by atoms with Crippen LogP contribution in [0.4, 0.5) is 0 Å². The molecule has 0 amide bonds. The molecule has 0 radical (unpaired) electrons. The van der Waals surface area contributed by atoms with Gasteiger partial charge in [-0.2, -0.15) is 0 Å². The van der Waals surface area contributed by atoms with Gasteiger partial charge in [-0.1, -0.05) is 34.1 Å². The van der Waals surface area contributed by atoms with Crippen LogP contribution in [0.5, 0.6) is 5.75 Å². The van der Waals surface area contributed by atoms with Gasteiger partial charge < -0.3 is 4.74 Å². The summed E-state index contributed by atoms with van der Waals surface area (Å²) in [5, 5.41) is 0.839. The number of hydrogen-bond donors (Lipinski definition) is 0. The second-order valence-corrected chi connectivity index (χ2v) is 7.90. The van der Waals surface area contributed by atoms with Gasteiger partial charge in [0.15, 0.2) is 9.84 Å². The van der Waals surface area contributed by atoms with E-state index in [2.05, 4.69) is 15.9 Å². The summed E-state index contributed by atoms with van der Waals surface area (Å²) < 4.78 is 28.7. The lowest BCUT2D eigenvalue weighted by Crippen LogP contribution is -2.20. The fraction of sp³-hybridized carbons (Fsp3) is 0.571. The Hall–Kier alpha value is -0.550. The average molecular weight is 347 g/mol. The Kier molecular flexibility index (Phi) is 5.28. The molecule has 19 heavy (non-hydrogen) atoms. The van der Waals surface area contributed by atoms with Crippen molar-refractivity contribution in [3.8, 4) is 5.75 Å². The molecule has 2 atom stereocenters. The number of rotatable bonds is 6. The molecule has 1 aromatic rings. The number of halogens is 1. The molecule has 0 spiro atoms. The van der Waals surface area contributed by atoms with Crippen molar-refractivity contribution in [3.63, 3.8) is 0 Å². The first-order valence-electron chi connectivity index (χ1n) is 6.55. The molecule has 1 aliphatic heterocycles. The van der Waals surface area contributed by atoms with Gasteiger partial charge >= 0.3 is 0 Å². The Bertz CT molecular complexity index is 487. The fourth-order valence-corrected chi connectivity index (χ4v) is 5.25. The highest BCUT2D eigenvalue weighted by molar-refractivity contribution is 9.09. The normalized spacial score (nSPS) is 23.1. The van der Waals surface area contributed by atoms with E-state index in [4.69, 9.17) is 4.74 Å². The maximum absolute atomic E-state index is 11.5. The second kappa shape index (κ2) is 6.75. The summed E-state index contributed by atoms with van der Waals surface area (Å²) in [5.41, 5.74) is 0. The van der Waals surface area contributed by atoms with Crippen LogP contribution in [0.25, 0.3) is 0 Å². The summed E-state index contributed by atoms with van der Waals surface area (Å²) in [6, 6.07) is 9.71. The van der Waals surface area contributed by atoms with Crippen LogP contribution in [-0.2, 0) is 9.84 Å². The Balaban J connectivity index is 1.80. The third-order valence-corrected chi connectivity index (χ3v) is 6.26. The summed E-state index contributed by atoms with van der Waals surface area (Å²) in [6.07, 6.45) is 1.68. The average Bonchev–Trinajstić information content (AvgIpc) is 2.76. The smallest absolute Gasteiger partial charge is 0.150 e. The summed E-state index contributed by atoms with van der Waals surface area (Å²) in [6.45, 7) is 0.636. The van der Waals surface area contributed by atoms with Crippen LogP contribution in [0.2, 0.25) is 0 Å². The second-order valence-electron chi connectivity index (χ2n) is 5.03.